The molecular formula is C13H16FN3. The number of halogens is 1. The van der Waals surface area contributed by atoms with E-state index >= 15 is 0 Å². The summed E-state index contributed by atoms with van der Waals surface area (Å²) in [6, 6.07) is 5.47. The van der Waals surface area contributed by atoms with Gasteiger partial charge in [0.25, 0.3) is 0 Å². The first kappa shape index (κ1) is 10.7. The van der Waals surface area contributed by atoms with Crippen LogP contribution in [0.5, 0.6) is 0 Å². The maximum Gasteiger partial charge on any atom is 0.125 e. The average Bonchev–Trinajstić information content (AvgIpc) is 3.08. The van der Waals surface area contributed by atoms with Crippen molar-refractivity contribution in [3.8, 4) is 0 Å². The van der Waals surface area contributed by atoms with E-state index in [0.29, 0.717) is 6.04 Å². The Morgan fingerprint density at radius 3 is 3.00 bits per heavy atom. The number of nitrogens with zero attached hydrogens (tertiary/aromatic N) is 2. The molecule has 1 aromatic heterocycles. The summed E-state index contributed by atoms with van der Waals surface area (Å²) in [5, 5.41) is 3.13. The predicted octanol–water partition coefficient (Wildman–Crippen LogP) is 2.27. The van der Waals surface area contributed by atoms with E-state index in [-0.39, 0.29) is 5.82 Å². The van der Waals surface area contributed by atoms with E-state index < -0.39 is 0 Å². The fourth-order valence-electron chi connectivity index (χ4n) is 2.28. The van der Waals surface area contributed by atoms with Gasteiger partial charge in [-0.05, 0) is 32.0 Å². The van der Waals surface area contributed by atoms with Gasteiger partial charge < -0.3 is 9.88 Å². The summed E-state index contributed by atoms with van der Waals surface area (Å²) >= 11 is 0. The van der Waals surface area contributed by atoms with E-state index in [1.807, 2.05) is 13.1 Å². The number of nitrogens with one attached hydrogen (secondary N) is 1. The van der Waals surface area contributed by atoms with E-state index in [0.717, 1.165) is 29.8 Å². The SMILES string of the molecule is CNCCc1nc2cc(F)ccc2n1C1CC1. The van der Waals surface area contributed by atoms with Crippen LogP contribution in [0.15, 0.2) is 18.2 Å². The number of benzene rings is 1. The maximum absolute atomic E-state index is 13.2. The third kappa shape index (κ3) is 1.93. The minimum Gasteiger partial charge on any atom is -0.325 e. The van der Waals surface area contributed by atoms with Gasteiger partial charge >= 0.3 is 0 Å². The first-order valence-corrected chi connectivity index (χ1v) is 6.10. The monoisotopic (exact) mass is 233 g/mol. The Morgan fingerprint density at radius 2 is 2.29 bits per heavy atom. The van der Waals surface area contributed by atoms with Gasteiger partial charge in [-0.2, -0.15) is 0 Å². The zero-order valence-corrected chi connectivity index (χ0v) is 9.91. The zero-order valence-electron chi connectivity index (χ0n) is 9.91. The molecule has 0 atom stereocenters. The Bertz CT molecular complexity index is 543. The first-order valence-electron chi connectivity index (χ1n) is 6.10. The molecule has 1 N–H and O–H groups in total. The van der Waals surface area contributed by atoms with Gasteiger partial charge in [-0.1, -0.05) is 0 Å². The first-order chi connectivity index (χ1) is 8.29. The smallest absolute Gasteiger partial charge is 0.125 e. The van der Waals surface area contributed by atoms with Crippen LogP contribution < -0.4 is 5.32 Å². The summed E-state index contributed by atoms with van der Waals surface area (Å²) in [6.45, 7) is 0.901. The van der Waals surface area contributed by atoms with Crippen molar-refractivity contribution >= 4 is 11.0 Å². The van der Waals surface area contributed by atoms with Gasteiger partial charge in [0.15, 0.2) is 0 Å². The lowest BCUT2D eigenvalue weighted by Crippen LogP contribution is -2.13. The maximum atomic E-state index is 13.2. The third-order valence-electron chi connectivity index (χ3n) is 3.24. The quantitative estimate of drug-likeness (QED) is 0.878. The van der Waals surface area contributed by atoms with Crippen LogP contribution >= 0.6 is 0 Å². The molecule has 0 radical (unpaired) electrons. The van der Waals surface area contributed by atoms with E-state index in [2.05, 4.69) is 14.9 Å². The molecule has 1 aliphatic rings. The molecule has 0 amide bonds. The Morgan fingerprint density at radius 1 is 1.47 bits per heavy atom. The molecule has 0 aliphatic heterocycles. The van der Waals surface area contributed by atoms with Gasteiger partial charge in [0.05, 0.1) is 11.0 Å². The minimum absolute atomic E-state index is 0.210. The van der Waals surface area contributed by atoms with Crippen molar-refractivity contribution in [1.29, 1.82) is 0 Å². The van der Waals surface area contributed by atoms with Crippen molar-refractivity contribution < 1.29 is 4.39 Å². The molecule has 90 valence electrons. The van der Waals surface area contributed by atoms with Crippen LogP contribution in [-0.4, -0.2) is 23.1 Å². The number of hydrogen-bond acceptors (Lipinski definition) is 2. The highest BCUT2D eigenvalue weighted by Crippen LogP contribution is 2.38. The Hall–Kier alpha value is -1.42. The van der Waals surface area contributed by atoms with E-state index in [1.54, 1.807) is 0 Å². The molecule has 1 heterocycles. The lowest BCUT2D eigenvalue weighted by Gasteiger charge is -2.06. The highest BCUT2D eigenvalue weighted by molar-refractivity contribution is 5.76. The predicted molar refractivity (Wildman–Crippen MR) is 65.6 cm³/mol. The van der Waals surface area contributed by atoms with Crippen molar-refractivity contribution in [2.24, 2.45) is 0 Å². The summed E-state index contributed by atoms with van der Waals surface area (Å²) in [7, 11) is 1.93. The number of likely N-dealkylation sites (N-methyl/N-ethyl adjacent to an activating group) is 1. The molecule has 0 bridgehead atoms. The van der Waals surface area contributed by atoms with Gasteiger partial charge in [-0.3, -0.25) is 0 Å². The number of aromatic nitrogens is 2. The number of imidazole rings is 1. The van der Waals surface area contributed by atoms with Crippen molar-refractivity contribution in [3.05, 3.63) is 29.8 Å². The van der Waals surface area contributed by atoms with Gasteiger partial charge in [0, 0.05) is 25.1 Å². The molecule has 4 heteroatoms. The second-order valence-electron chi connectivity index (χ2n) is 4.62. The summed E-state index contributed by atoms with van der Waals surface area (Å²) in [5.41, 5.74) is 1.85. The van der Waals surface area contributed by atoms with Crippen LogP contribution in [0.2, 0.25) is 0 Å². The van der Waals surface area contributed by atoms with E-state index in [4.69, 9.17) is 0 Å². The molecular weight excluding hydrogens is 217 g/mol. The van der Waals surface area contributed by atoms with Crippen LogP contribution in [0.1, 0.15) is 24.7 Å². The van der Waals surface area contributed by atoms with Crippen LogP contribution in [0.25, 0.3) is 11.0 Å². The summed E-state index contributed by atoms with van der Waals surface area (Å²) in [5.74, 6) is 0.862. The molecule has 1 saturated carbocycles. The van der Waals surface area contributed by atoms with Gasteiger partial charge in [0.2, 0.25) is 0 Å². The van der Waals surface area contributed by atoms with Crippen LogP contribution in [0, 0.1) is 5.82 Å². The third-order valence-corrected chi connectivity index (χ3v) is 3.24. The van der Waals surface area contributed by atoms with Crippen molar-refractivity contribution in [1.82, 2.24) is 14.9 Å². The number of rotatable bonds is 4. The van der Waals surface area contributed by atoms with Crippen molar-refractivity contribution in [2.45, 2.75) is 25.3 Å². The standard InChI is InChI=1S/C13H16FN3/c1-15-7-6-13-16-11-8-9(14)2-5-12(11)17(13)10-3-4-10/h2,5,8,10,15H,3-4,6-7H2,1H3. The molecule has 17 heavy (non-hydrogen) atoms. The number of fused-ring (bicyclic) bond motifs is 1. The summed E-state index contributed by atoms with van der Waals surface area (Å²) in [6.07, 6.45) is 3.33. The molecule has 0 saturated heterocycles. The van der Waals surface area contributed by atoms with Gasteiger partial charge in [-0.25, -0.2) is 9.37 Å². The number of hydrogen-bond donors (Lipinski definition) is 1. The fourth-order valence-corrected chi connectivity index (χ4v) is 2.28. The van der Waals surface area contributed by atoms with Crippen LogP contribution in [-0.2, 0) is 6.42 Å². The largest absolute Gasteiger partial charge is 0.325 e. The van der Waals surface area contributed by atoms with Crippen molar-refractivity contribution in [3.63, 3.8) is 0 Å². The zero-order chi connectivity index (χ0) is 11.8. The molecule has 1 fully saturated rings. The fraction of sp³-hybridized carbons (Fsp3) is 0.462. The highest BCUT2D eigenvalue weighted by atomic mass is 19.1. The minimum atomic E-state index is -0.210. The summed E-state index contributed by atoms with van der Waals surface area (Å²) in [4.78, 5) is 4.56. The average molecular weight is 233 g/mol. The van der Waals surface area contributed by atoms with Crippen molar-refractivity contribution in [2.75, 3.05) is 13.6 Å². The molecule has 0 unspecified atom stereocenters. The molecule has 1 aliphatic carbocycles. The van der Waals surface area contributed by atoms with Crippen LogP contribution in [0.3, 0.4) is 0 Å². The molecule has 0 spiro atoms. The molecule has 1 aromatic carbocycles. The Balaban J connectivity index is 2.09. The molecule has 3 nitrogen and oxygen atoms in total. The molecule has 2 aromatic rings. The molecule has 3 rings (SSSR count). The second kappa shape index (κ2) is 4.11. The normalized spacial score (nSPS) is 15.6. The Labute approximate surface area is 99.7 Å². The van der Waals surface area contributed by atoms with Crippen LogP contribution in [0.4, 0.5) is 4.39 Å². The highest BCUT2D eigenvalue weighted by Gasteiger charge is 2.27. The van der Waals surface area contributed by atoms with E-state index in [9.17, 15) is 4.39 Å². The second-order valence-corrected chi connectivity index (χ2v) is 4.62. The Kier molecular flexibility index (Phi) is 2.59. The lowest BCUT2D eigenvalue weighted by molar-refractivity contribution is 0.629. The van der Waals surface area contributed by atoms with Gasteiger partial charge in [-0.15, -0.1) is 0 Å². The van der Waals surface area contributed by atoms with E-state index in [1.165, 1.54) is 25.0 Å². The summed E-state index contributed by atoms with van der Waals surface area (Å²) < 4.78 is 15.5. The van der Waals surface area contributed by atoms with Gasteiger partial charge in [0.1, 0.15) is 11.6 Å². The topological polar surface area (TPSA) is 29.9 Å². The lowest BCUT2D eigenvalue weighted by atomic mass is 10.3.